The quantitative estimate of drug-likeness (QED) is 0.711. The molecule has 1 aliphatic heterocycles. The van der Waals surface area contributed by atoms with Crippen molar-refractivity contribution in [2.24, 2.45) is 5.73 Å². The van der Waals surface area contributed by atoms with Crippen molar-refractivity contribution in [1.82, 2.24) is 0 Å². The van der Waals surface area contributed by atoms with Crippen LogP contribution in [0.5, 0.6) is 11.5 Å². The van der Waals surface area contributed by atoms with Crippen molar-refractivity contribution in [2.75, 3.05) is 6.61 Å². The van der Waals surface area contributed by atoms with Gasteiger partial charge in [0.2, 0.25) is 0 Å². The number of hydrogen-bond donors (Lipinski definition) is 1. The van der Waals surface area contributed by atoms with Crippen LogP contribution in [0.3, 0.4) is 0 Å². The Morgan fingerprint density at radius 2 is 2.08 bits per heavy atom. The molecular weight excluding hydrogens is 166 g/mol. The van der Waals surface area contributed by atoms with Crippen LogP contribution >= 0.6 is 0 Å². The molecule has 3 nitrogen and oxygen atoms in total. The van der Waals surface area contributed by atoms with Gasteiger partial charge in [0, 0.05) is 6.42 Å². The lowest BCUT2D eigenvalue weighted by atomic mass is 10.1. The fourth-order valence-electron chi connectivity index (χ4n) is 1.28. The van der Waals surface area contributed by atoms with Crippen LogP contribution in [-0.2, 0) is 0 Å². The lowest BCUT2D eigenvalue weighted by Gasteiger charge is -2.34. The summed E-state index contributed by atoms with van der Waals surface area (Å²) >= 11 is 0. The number of para-hydroxylation sites is 2. The molecule has 1 aliphatic rings. The van der Waals surface area contributed by atoms with E-state index in [9.17, 15) is 0 Å². The summed E-state index contributed by atoms with van der Waals surface area (Å²) in [5.41, 5.74) is 5.27. The van der Waals surface area contributed by atoms with Gasteiger partial charge in [-0.05, 0) is 12.1 Å². The van der Waals surface area contributed by atoms with Gasteiger partial charge < -0.3 is 9.47 Å². The normalized spacial score (nSPS) is 25.7. The fraction of sp³-hybridized carbons (Fsp3) is 0.400. The average molecular weight is 179 g/mol. The molecule has 1 unspecified atom stereocenters. The molecule has 2 N–H and O–H groups in total. The van der Waals surface area contributed by atoms with Gasteiger partial charge in [-0.1, -0.05) is 19.1 Å². The predicted molar refractivity (Wildman–Crippen MR) is 49.8 cm³/mol. The highest BCUT2D eigenvalue weighted by molar-refractivity contribution is 5.41. The van der Waals surface area contributed by atoms with Crippen LogP contribution < -0.4 is 15.2 Å². The van der Waals surface area contributed by atoms with Crippen LogP contribution in [0, 0.1) is 0 Å². The first kappa shape index (κ1) is 8.38. The van der Waals surface area contributed by atoms with Gasteiger partial charge in [-0.3, -0.25) is 5.73 Å². The lowest BCUT2D eigenvalue weighted by Crippen LogP contribution is -2.52. The Morgan fingerprint density at radius 3 is 2.77 bits per heavy atom. The van der Waals surface area contributed by atoms with Gasteiger partial charge >= 0.3 is 0 Å². The summed E-state index contributed by atoms with van der Waals surface area (Å²) in [7, 11) is 0. The summed E-state index contributed by atoms with van der Waals surface area (Å²) in [6, 6.07) is 7.57. The summed E-state index contributed by atoms with van der Waals surface area (Å²) in [6.45, 7) is 2.40. The van der Waals surface area contributed by atoms with E-state index in [0.29, 0.717) is 6.61 Å². The molecule has 0 saturated carbocycles. The summed E-state index contributed by atoms with van der Waals surface area (Å²) in [4.78, 5) is 0. The molecule has 13 heavy (non-hydrogen) atoms. The summed E-state index contributed by atoms with van der Waals surface area (Å²) in [5.74, 6) is 1.51. The molecule has 0 radical (unpaired) electrons. The summed E-state index contributed by atoms with van der Waals surface area (Å²) in [6.07, 6.45) is 0.737. The maximum absolute atomic E-state index is 5.93. The number of nitrogens with two attached hydrogens (primary N) is 1. The molecule has 1 heterocycles. The Kier molecular flexibility index (Phi) is 1.88. The number of hydrogen-bond acceptors (Lipinski definition) is 3. The highest BCUT2D eigenvalue weighted by atomic mass is 16.6. The van der Waals surface area contributed by atoms with Gasteiger partial charge in [-0.25, -0.2) is 0 Å². The second-order valence-electron chi connectivity index (χ2n) is 3.26. The predicted octanol–water partition coefficient (Wildman–Crippen LogP) is 1.52. The highest BCUT2D eigenvalue weighted by Gasteiger charge is 2.31. The Labute approximate surface area is 77.5 Å². The number of rotatable bonds is 1. The standard InChI is InChI=1S/C10H13NO2/c1-2-10(11)7-12-8-5-3-4-6-9(8)13-10/h3-6H,2,7,11H2,1H3. The SMILES string of the molecule is CCC1(N)COc2ccccc2O1. The third-order valence-corrected chi connectivity index (χ3v) is 2.23. The van der Waals surface area contributed by atoms with Gasteiger partial charge in [0.1, 0.15) is 6.61 Å². The zero-order chi connectivity index (χ0) is 9.31. The van der Waals surface area contributed by atoms with Gasteiger partial charge in [-0.2, -0.15) is 0 Å². The molecule has 0 amide bonds. The van der Waals surface area contributed by atoms with E-state index in [0.717, 1.165) is 17.9 Å². The molecule has 0 spiro atoms. The van der Waals surface area contributed by atoms with E-state index in [-0.39, 0.29) is 0 Å². The van der Waals surface area contributed by atoms with Gasteiger partial charge in [-0.15, -0.1) is 0 Å². The Balaban J connectivity index is 2.29. The minimum Gasteiger partial charge on any atom is -0.484 e. The highest BCUT2D eigenvalue weighted by Crippen LogP contribution is 2.33. The van der Waals surface area contributed by atoms with Gasteiger partial charge in [0.15, 0.2) is 17.2 Å². The monoisotopic (exact) mass is 179 g/mol. The molecule has 0 aromatic heterocycles. The van der Waals surface area contributed by atoms with Crippen LogP contribution in [-0.4, -0.2) is 12.3 Å². The second kappa shape index (κ2) is 2.92. The molecule has 1 aromatic rings. The van der Waals surface area contributed by atoms with E-state index in [2.05, 4.69) is 0 Å². The number of fused-ring (bicyclic) bond motifs is 1. The maximum Gasteiger partial charge on any atom is 0.192 e. The maximum atomic E-state index is 5.93. The molecule has 70 valence electrons. The van der Waals surface area contributed by atoms with Crippen LogP contribution in [0.25, 0.3) is 0 Å². The first-order chi connectivity index (χ1) is 6.23. The largest absolute Gasteiger partial charge is 0.484 e. The second-order valence-corrected chi connectivity index (χ2v) is 3.26. The molecule has 2 rings (SSSR count). The lowest BCUT2D eigenvalue weighted by molar-refractivity contribution is -0.00662. The Bertz CT molecular complexity index is 314. The molecule has 3 heteroatoms. The molecule has 1 atom stereocenters. The smallest absolute Gasteiger partial charge is 0.192 e. The first-order valence-electron chi connectivity index (χ1n) is 4.43. The van der Waals surface area contributed by atoms with Crippen LogP contribution in [0.15, 0.2) is 24.3 Å². The van der Waals surface area contributed by atoms with Crippen molar-refractivity contribution >= 4 is 0 Å². The van der Waals surface area contributed by atoms with Crippen LogP contribution in [0.2, 0.25) is 0 Å². The summed E-state index contributed by atoms with van der Waals surface area (Å²) in [5, 5.41) is 0. The third kappa shape index (κ3) is 1.47. The van der Waals surface area contributed by atoms with Crippen LogP contribution in [0.1, 0.15) is 13.3 Å². The minimum absolute atomic E-state index is 0.417. The molecule has 0 fully saturated rings. The van der Waals surface area contributed by atoms with E-state index < -0.39 is 5.72 Å². The first-order valence-corrected chi connectivity index (χ1v) is 4.43. The number of benzene rings is 1. The van der Waals surface area contributed by atoms with Crippen molar-refractivity contribution < 1.29 is 9.47 Å². The zero-order valence-corrected chi connectivity index (χ0v) is 7.62. The molecule has 0 saturated heterocycles. The van der Waals surface area contributed by atoms with E-state index in [1.165, 1.54) is 0 Å². The van der Waals surface area contributed by atoms with E-state index in [1.807, 2.05) is 31.2 Å². The van der Waals surface area contributed by atoms with E-state index in [4.69, 9.17) is 15.2 Å². The van der Waals surface area contributed by atoms with Crippen molar-refractivity contribution in [3.8, 4) is 11.5 Å². The van der Waals surface area contributed by atoms with Crippen molar-refractivity contribution in [3.05, 3.63) is 24.3 Å². The topological polar surface area (TPSA) is 44.5 Å². The number of ether oxygens (including phenoxy) is 2. The molecular formula is C10H13NO2. The van der Waals surface area contributed by atoms with Crippen molar-refractivity contribution in [1.29, 1.82) is 0 Å². The molecule has 1 aromatic carbocycles. The third-order valence-electron chi connectivity index (χ3n) is 2.23. The van der Waals surface area contributed by atoms with E-state index in [1.54, 1.807) is 0 Å². The molecule has 0 bridgehead atoms. The summed E-state index contributed by atoms with van der Waals surface area (Å²) < 4.78 is 11.1. The average Bonchev–Trinajstić information content (AvgIpc) is 2.18. The fourth-order valence-corrected chi connectivity index (χ4v) is 1.28. The Hall–Kier alpha value is -1.22. The van der Waals surface area contributed by atoms with Crippen molar-refractivity contribution in [3.63, 3.8) is 0 Å². The van der Waals surface area contributed by atoms with Crippen molar-refractivity contribution in [2.45, 2.75) is 19.1 Å². The zero-order valence-electron chi connectivity index (χ0n) is 7.62. The van der Waals surface area contributed by atoms with Gasteiger partial charge in [0.05, 0.1) is 0 Å². The minimum atomic E-state index is -0.658. The Morgan fingerprint density at radius 1 is 1.38 bits per heavy atom. The van der Waals surface area contributed by atoms with Crippen LogP contribution in [0.4, 0.5) is 0 Å². The van der Waals surface area contributed by atoms with E-state index >= 15 is 0 Å². The van der Waals surface area contributed by atoms with Gasteiger partial charge in [0.25, 0.3) is 0 Å². The molecule has 0 aliphatic carbocycles.